The van der Waals surface area contributed by atoms with Crippen molar-refractivity contribution in [2.75, 3.05) is 6.61 Å². The highest BCUT2D eigenvalue weighted by Crippen LogP contribution is 2.41. The fraction of sp³-hybridized carbons (Fsp3) is 0.389. The lowest BCUT2D eigenvalue weighted by molar-refractivity contribution is -0.0346. The molecule has 1 unspecified atom stereocenters. The summed E-state index contributed by atoms with van der Waals surface area (Å²) in [6.07, 6.45) is 6.88. The van der Waals surface area contributed by atoms with Gasteiger partial charge in [-0.3, -0.25) is 0 Å². The van der Waals surface area contributed by atoms with Gasteiger partial charge in [-0.25, -0.2) is 0 Å². The Kier molecular flexibility index (Phi) is 11.6. The average Bonchev–Trinajstić information content (AvgIpc) is 3.71. The van der Waals surface area contributed by atoms with E-state index in [0.29, 0.717) is 40.5 Å². The number of aromatic nitrogens is 8. The first-order valence-electron chi connectivity index (χ1n) is 16.7. The lowest BCUT2D eigenvalue weighted by Crippen LogP contribution is -2.27. The third kappa shape index (κ3) is 9.14. The predicted octanol–water partition coefficient (Wildman–Crippen LogP) is 5.78. The van der Waals surface area contributed by atoms with Crippen molar-refractivity contribution in [3.8, 4) is 17.2 Å². The lowest BCUT2D eigenvalue weighted by Gasteiger charge is -2.26. The summed E-state index contributed by atoms with van der Waals surface area (Å²) >= 11 is 0. The highest BCUT2D eigenvalue weighted by atomic mass is 16.5. The molecule has 0 aliphatic carbocycles. The van der Waals surface area contributed by atoms with Crippen LogP contribution >= 0.6 is 0 Å². The van der Waals surface area contributed by atoms with Gasteiger partial charge in [-0.2, -0.15) is 10.2 Å². The van der Waals surface area contributed by atoms with Crippen LogP contribution in [-0.2, 0) is 4.74 Å². The third-order valence-electron chi connectivity index (χ3n) is 8.32. The van der Waals surface area contributed by atoms with Crippen molar-refractivity contribution < 1.29 is 19.7 Å². The van der Waals surface area contributed by atoms with Gasteiger partial charge in [-0.05, 0) is 127 Å². The molecule has 0 saturated carbocycles. The number of tetrazole rings is 2. The first-order chi connectivity index (χ1) is 24.1. The van der Waals surface area contributed by atoms with E-state index in [9.17, 15) is 10.2 Å². The summed E-state index contributed by atoms with van der Waals surface area (Å²) in [5, 5.41) is 54.0. The molecule has 0 bridgehead atoms. The average molecular weight is 681 g/mol. The Bertz CT molecular complexity index is 1820. The zero-order valence-electron chi connectivity index (χ0n) is 29.3. The van der Waals surface area contributed by atoms with E-state index < -0.39 is 5.92 Å². The van der Waals surface area contributed by atoms with Crippen molar-refractivity contribution in [2.45, 2.75) is 84.8 Å². The van der Waals surface area contributed by atoms with Gasteiger partial charge in [0.1, 0.15) is 23.4 Å². The SMILES string of the molecule is CCCC(C)(C)OCCC(CC)Oc1ccc(C(c2cc(/C=N/n3nnnc3C)ccc2O)c2cc(/C=N/n3nnnc3C)ccc2O)cc1. The maximum atomic E-state index is 11.3. The molecule has 2 heterocycles. The molecule has 14 heteroatoms. The Labute approximate surface area is 291 Å². The van der Waals surface area contributed by atoms with Gasteiger partial charge in [0.05, 0.1) is 24.6 Å². The summed E-state index contributed by atoms with van der Waals surface area (Å²) in [6.45, 7) is 12.6. The molecule has 3 aromatic carbocycles. The Morgan fingerprint density at radius 3 is 1.80 bits per heavy atom. The largest absolute Gasteiger partial charge is 0.508 e. The summed E-state index contributed by atoms with van der Waals surface area (Å²) < 4.78 is 12.5. The molecule has 0 fully saturated rings. The highest BCUT2D eigenvalue weighted by molar-refractivity contribution is 5.82. The van der Waals surface area contributed by atoms with Crippen LogP contribution in [0.5, 0.6) is 17.2 Å². The summed E-state index contributed by atoms with van der Waals surface area (Å²) in [7, 11) is 0. The molecule has 1 atom stereocenters. The van der Waals surface area contributed by atoms with E-state index in [-0.39, 0.29) is 23.2 Å². The molecule has 0 aliphatic rings. The first-order valence-corrected chi connectivity index (χ1v) is 16.7. The van der Waals surface area contributed by atoms with Gasteiger partial charge in [-0.1, -0.05) is 32.4 Å². The van der Waals surface area contributed by atoms with Gasteiger partial charge in [0.2, 0.25) is 0 Å². The second-order valence-corrected chi connectivity index (χ2v) is 12.7. The first kappa shape index (κ1) is 35.8. The zero-order valence-corrected chi connectivity index (χ0v) is 29.3. The molecular weight excluding hydrogens is 636 g/mol. The van der Waals surface area contributed by atoms with Crippen molar-refractivity contribution in [1.29, 1.82) is 0 Å². The van der Waals surface area contributed by atoms with E-state index >= 15 is 0 Å². The molecule has 0 saturated heterocycles. The number of benzene rings is 3. The molecular formula is C36H44N10O4. The van der Waals surface area contributed by atoms with Crippen molar-refractivity contribution in [1.82, 2.24) is 40.6 Å². The monoisotopic (exact) mass is 680 g/mol. The molecule has 2 N–H and O–H groups in total. The molecule has 2 aromatic heterocycles. The fourth-order valence-electron chi connectivity index (χ4n) is 5.62. The minimum absolute atomic E-state index is 0.0123. The van der Waals surface area contributed by atoms with Crippen LogP contribution in [0.4, 0.5) is 0 Å². The molecule has 5 rings (SSSR count). The third-order valence-corrected chi connectivity index (χ3v) is 8.32. The highest BCUT2D eigenvalue weighted by Gasteiger charge is 2.24. The van der Waals surface area contributed by atoms with Crippen molar-refractivity contribution in [3.05, 3.63) is 100 Å². The van der Waals surface area contributed by atoms with E-state index in [0.717, 1.165) is 37.0 Å². The zero-order chi connectivity index (χ0) is 35.7. The fourth-order valence-corrected chi connectivity index (χ4v) is 5.62. The van der Waals surface area contributed by atoms with E-state index in [1.807, 2.05) is 36.4 Å². The Morgan fingerprint density at radius 1 is 0.800 bits per heavy atom. The maximum absolute atomic E-state index is 11.3. The molecule has 0 radical (unpaired) electrons. The van der Waals surface area contributed by atoms with Crippen LogP contribution in [0.1, 0.15) is 98.8 Å². The smallest absolute Gasteiger partial charge is 0.173 e. The van der Waals surface area contributed by atoms with Gasteiger partial charge >= 0.3 is 0 Å². The van der Waals surface area contributed by atoms with Gasteiger partial charge in [-0.15, -0.1) is 19.8 Å². The number of phenols is 2. The summed E-state index contributed by atoms with van der Waals surface area (Å²) in [5.74, 6) is 1.28. The van der Waals surface area contributed by atoms with Crippen molar-refractivity contribution >= 4 is 12.4 Å². The molecule has 0 aliphatic heterocycles. The summed E-state index contributed by atoms with van der Waals surface area (Å²) in [6, 6.07) is 18.1. The second kappa shape index (κ2) is 16.3. The quantitative estimate of drug-likeness (QED) is 0.0962. The number of rotatable bonds is 16. The van der Waals surface area contributed by atoms with Crippen molar-refractivity contribution in [2.24, 2.45) is 10.2 Å². The van der Waals surface area contributed by atoms with Crippen LogP contribution in [-0.4, -0.2) is 81.6 Å². The number of aryl methyl sites for hydroxylation is 2. The number of nitrogens with zero attached hydrogens (tertiary/aromatic N) is 10. The lowest BCUT2D eigenvalue weighted by atomic mass is 9.83. The van der Waals surface area contributed by atoms with Gasteiger partial charge in [0.15, 0.2) is 11.6 Å². The minimum atomic E-state index is -0.591. The van der Waals surface area contributed by atoms with Crippen LogP contribution in [0.2, 0.25) is 0 Å². The van der Waals surface area contributed by atoms with E-state index in [2.05, 4.69) is 68.9 Å². The summed E-state index contributed by atoms with van der Waals surface area (Å²) in [5.41, 5.74) is 3.14. The topological polar surface area (TPSA) is 171 Å². The Hall–Kier alpha value is -5.50. The normalized spacial score (nSPS) is 12.8. The Balaban J connectivity index is 1.48. The van der Waals surface area contributed by atoms with Crippen LogP contribution < -0.4 is 4.74 Å². The summed E-state index contributed by atoms with van der Waals surface area (Å²) in [4.78, 5) is 2.62. The van der Waals surface area contributed by atoms with Crippen LogP contribution in [0, 0.1) is 13.8 Å². The van der Waals surface area contributed by atoms with Crippen LogP contribution in [0.3, 0.4) is 0 Å². The van der Waals surface area contributed by atoms with Crippen molar-refractivity contribution in [3.63, 3.8) is 0 Å². The minimum Gasteiger partial charge on any atom is -0.508 e. The van der Waals surface area contributed by atoms with E-state index in [4.69, 9.17) is 9.47 Å². The standard InChI is InChI=1S/C36H44N10O4/c1-7-18-36(5,6)49-19-17-29(8-2)50-30-13-11-28(12-14-30)35(31-20-26(9-15-33(31)47)22-37-45-24(3)39-41-43-45)32-21-27(10-16-34(32)48)23-38-46-25(4)40-42-44-46/h9-16,20-23,29,35,47-48H,7-8,17-19H2,1-6H3/b37-22+,38-23+. The molecule has 50 heavy (non-hydrogen) atoms. The number of hydrogen-bond donors (Lipinski definition) is 2. The number of aromatic hydroxyl groups is 2. The molecule has 5 aromatic rings. The molecule has 14 nitrogen and oxygen atoms in total. The van der Waals surface area contributed by atoms with Gasteiger partial charge in [0.25, 0.3) is 0 Å². The molecule has 0 spiro atoms. The van der Waals surface area contributed by atoms with Gasteiger partial charge < -0.3 is 19.7 Å². The number of ether oxygens (including phenoxy) is 2. The second-order valence-electron chi connectivity index (χ2n) is 12.7. The molecule has 0 amide bonds. The van der Waals surface area contributed by atoms with E-state index in [1.54, 1.807) is 50.5 Å². The maximum Gasteiger partial charge on any atom is 0.173 e. The van der Waals surface area contributed by atoms with E-state index in [1.165, 1.54) is 9.58 Å². The Morgan fingerprint density at radius 2 is 1.34 bits per heavy atom. The predicted molar refractivity (Wildman–Crippen MR) is 189 cm³/mol. The number of phenolic OH excluding ortho intramolecular Hbond substituents is 2. The van der Waals surface area contributed by atoms with Crippen LogP contribution in [0.25, 0.3) is 0 Å². The van der Waals surface area contributed by atoms with Crippen LogP contribution in [0.15, 0.2) is 70.9 Å². The number of hydrogen-bond acceptors (Lipinski definition) is 12. The van der Waals surface area contributed by atoms with Gasteiger partial charge in [0, 0.05) is 23.5 Å². The molecule has 262 valence electrons.